The monoisotopic (exact) mass is 329 g/mol. The molecule has 3 rings (SSSR count). The van der Waals surface area contributed by atoms with Crippen molar-refractivity contribution in [3.63, 3.8) is 0 Å². The highest BCUT2D eigenvalue weighted by atomic mass is 32.2. The lowest BCUT2D eigenvalue weighted by Gasteiger charge is -2.07. The van der Waals surface area contributed by atoms with E-state index < -0.39 is 9.84 Å². The highest BCUT2D eigenvalue weighted by Gasteiger charge is 2.10. The van der Waals surface area contributed by atoms with Gasteiger partial charge in [-0.1, -0.05) is 24.3 Å². The van der Waals surface area contributed by atoms with Crippen molar-refractivity contribution in [2.45, 2.75) is 5.75 Å². The van der Waals surface area contributed by atoms with E-state index in [-0.39, 0.29) is 11.7 Å². The van der Waals surface area contributed by atoms with Gasteiger partial charge >= 0.3 is 0 Å². The maximum Gasteiger partial charge on any atom is 0.255 e. The molecule has 0 saturated heterocycles. The third kappa shape index (κ3) is 3.57. The summed E-state index contributed by atoms with van der Waals surface area (Å²) in [5.74, 6) is -0.305. The van der Waals surface area contributed by atoms with Crippen LogP contribution in [0.3, 0.4) is 0 Å². The van der Waals surface area contributed by atoms with Gasteiger partial charge in [0.05, 0.1) is 23.2 Å². The molecule has 0 aliphatic heterocycles. The highest BCUT2D eigenvalue weighted by molar-refractivity contribution is 7.89. The number of H-pyrrole nitrogens is 1. The molecule has 0 aliphatic carbocycles. The molecule has 0 atom stereocenters. The summed E-state index contributed by atoms with van der Waals surface area (Å²) >= 11 is 0. The van der Waals surface area contributed by atoms with Gasteiger partial charge in [0.25, 0.3) is 5.91 Å². The average Bonchev–Trinajstić information content (AvgIpc) is 2.96. The van der Waals surface area contributed by atoms with Crippen LogP contribution >= 0.6 is 0 Å². The Morgan fingerprint density at radius 2 is 1.91 bits per heavy atom. The van der Waals surface area contributed by atoms with E-state index in [0.717, 1.165) is 10.9 Å². The maximum absolute atomic E-state index is 12.3. The number of carbonyl (C=O) groups excluding carboxylic acids is 1. The lowest BCUT2D eigenvalue weighted by molar-refractivity contribution is 0.102. The van der Waals surface area contributed by atoms with Gasteiger partial charge in [-0.3, -0.25) is 9.89 Å². The Balaban J connectivity index is 1.79. The van der Waals surface area contributed by atoms with Gasteiger partial charge in [0.15, 0.2) is 9.84 Å². The predicted octanol–water partition coefficient (Wildman–Crippen LogP) is 2.36. The number of hydrogen-bond acceptors (Lipinski definition) is 4. The molecule has 0 fully saturated rings. The molecule has 23 heavy (non-hydrogen) atoms. The number of aromatic amines is 1. The Bertz CT molecular complexity index is 960. The van der Waals surface area contributed by atoms with E-state index >= 15 is 0 Å². The molecule has 0 radical (unpaired) electrons. The van der Waals surface area contributed by atoms with Crippen LogP contribution in [-0.2, 0) is 15.6 Å². The molecule has 3 aromatic rings. The fourth-order valence-electron chi connectivity index (χ4n) is 2.32. The van der Waals surface area contributed by atoms with Gasteiger partial charge in [0.1, 0.15) is 0 Å². The third-order valence-electron chi connectivity index (χ3n) is 3.37. The first-order valence-corrected chi connectivity index (χ1v) is 8.98. The second-order valence-electron chi connectivity index (χ2n) is 5.36. The summed E-state index contributed by atoms with van der Waals surface area (Å²) in [6.07, 6.45) is 2.86. The van der Waals surface area contributed by atoms with Crippen LogP contribution in [-0.4, -0.2) is 30.8 Å². The lowest BCUT2D eigenvalue weighted by atomic mass is 10.1. The third-order valence-corrected chi connectivity index (χ3v) is 4.23. The van der Waals surface area contributed by atoms with Crippen LogP contribution in [0.4, 0.5) is 5.69 Å². The number of hydrogen-bond donors (Lipinski definition) is 2. The Morgan fingerprint density at radius 3 is 2.61 bits per heavy atom. The normalized spacial score (nSPS) is 11.5. The summed E-state index contributed by atoms with van der Waals surface area (Å²) in [6.45, 7) is 0. The second kappa shape index (κ2) is 5.85. The van der Waals surface area contributed by atoms with Crippen LogP contribution in [0.5, 0.6) is 0 Å². The minimum absolute atomic E-state index is 0.0393. The minimum Gasteiger partial charge on any atom is -0.320 e. The summed E-state index contributed by atoms with van der Waals surface area (Å²) in [6, 6.07) is 12.0. The highest BCUT2D eigenvalue weighted by Crippen LogP contribution is 2.21. The van der Waals surface area contributed by atoms with E-state index in [9.17, 15) is 13.2 Å². The van der Waals surface area contributed by atoms with Crippen molar-refractivity contribution in [3.8, 4) is 0 Å². The molecule has 0 bridgehead atoms. The van der Waals surface area contributed by atoms with Crippen LogP contribution in [0.2, 0.25) is 0 Å². The number of para-hydroxylation sites is 1. The fraction of sp³-hybridized carbons (Fsp3) is 0.125. The molecule has 0 saturated carbocycles. The molecule has 2 aromatic carbocycles. The van der Waals surface area contributed by atoms with E-state index in [1.165, 1.54) is 6.26 Å². The van der Waals surface area contributed by atoms with Gasteiger partial charge in [-0.15, -0.1) is 0 Å². The smallest absolute Gasteiger partial charge is 0.255 e. The van der Waals surface area contributed by atoms with Crippen LogP contribution in [0.25, 0.3) is 10.9 Å². The Labute approximate surface area is 133 Å². The summed E-state index contributed by atoms with van der Waals surface area (Å²) < 4.78 is 22.5. The zero-order valence-corrected chi connectivity index (χ0v) is 13.2. The lowest BCUT2D eigenvalue weighted by Crippen LogP contribution is -2.12. The maximum atomic E-state index is 12.3. The number of aromatic nitrogens is 2. The zero-order valence-electron chi connectivity index (χ0n) is 12.4. The molecule has 7 heteroatoms. The first-order chi connectivity index (χ1) is 10.9. The van der Waals surface area contributed by atoms with Crippen molar-refractivity contribution in [3.05, 3.63) is 59.8 Å². The van der Waals surface area contributed by atoms with Crippen LogP contribution in [0.1, 0.15) is 15.9 Å². The van der Waals surface area contributed by atoms with Crippen molar-refractivity contribution in [1.29, 1.82) is 0 Å². The second-order valence-corrected chi connectivity index (χ2v) is 7.50. The molecule has 1 heterocycles. The predicted molar refractivity (Wildman–Crippen MR) is 89.0 cm³/mol. The number of rotatable bonds is 4. The number of sulfone groups is 1. The standard InChI is InChI=1S/C16H15N3O3S/c1-23(21,22)10-11-5-7-12(8-6-11)16(20)18-14-4-2-3-13-9-17-19-15(13)14/h2-9H,10H2,1H3,(H,17,19)(H,18,20). The number of nitrogens with zero attached hydrogens (tertiary/aromatic N) is 1. The van der Waals surface area contributed by atoms with Crippen molar-refractivity contribution < 1.29 is 13.2 Å². The molecule has 6 nitrogen and oxygen atoms in total. The van der Waals surface area contributed by atoms with Crippen LogP contribution in [0, 0.1) is 0 Å². The number of benzene rings is 2. The van der Waals surface area contributed by atoms with Crippen molar-refractivity contribution in [2.75, 3.05) is 11.6 Å². The summed E-state index contributed by atoms with van der Waals surface area (Å²) in [7, 11) is -3.09. The summed E-state index contributed by atoms with van der Waals surface area (Å²) in [5.41, 5.74) is 2.51. The van der Waals surface area contributed by atoms with Gasteiger partial charge < -0.3 is 5.32 Å². The molecule has 118 valence electrons. The largest absolute Gasteiger partial charge is 0.320 e. The number of amides is 1. The molecular weight excluding hydrogens is 314 g/mol. The zero-order chi connectivity index (χ0) is 16.4. The number of fused-ring (bicyclic) bond motifs is 1. The van der Waals surface area contributed by atoms with Crippen molar-refractivity contribution in [1.82, 2.24) is 10.2 Å². The van der Waals surface area contributed by atoms with Gasteiger partial charge in [-0.2, -0.15) is 5.10 Å². The Kier molecular flexibility index (Phi) is 3.87. The van der Waals surface area contributed by atoms with Gasteiger partial charge in [-0.25, -0.2) is 8.42 Å². The summed E-state index contributed by atoms with van der Waals surface area (Å²) in [4.78, 5) is 12.3. The summed E-state index contributed by atoms with van der Waals surface area (Å²) in [5, 5.41) is 10.5. The molecule has 0 spiro atoms. The Morgan fingerprint density at radius 1 is 1.17 bits per heavy atom. The van der Waals surface area contributed by atoms with Gasteiger partial charge in [0, 0.05) is 17.2 Å². The topological polar surface area (TPSA) is 91.9 Å². The molecule has 0 aliphatic rings. The quantitative estimate of drug-likeness (QED) is 0.768. The fourth-order valence-corrected chi connectivity index (χ4v) is 3.12. The van der Waals surface area contributed by atoms with E-state index in [1.807, 2.05) is 12.1 Å². The minimum atomic E-state index is -3.09. The van der Waals surface area contributed by atoms with E-state index in [0.29, 0.717) is 16.8 Å². The van der Waals surface area contributed by atoms with Crippen LogP contribution in [0.15, 0.2) is 48.7 Å². The van der Waals surface area contributed by atoms with Crippen molar-refractivity contribution >= 4 is 32.3 Å². The molecular formula is C16H15N3O3S. The average molecular weight is 329 g/mol. The molecule has 2 N–H and O–H groups in total. The first kappa shape index (κ1) is 15.2. The molecule has 0 unspecified atom stereocenters. The molecule has 1 aromatic heterocycles. The van der Waals surface area contributed by atoms with Gasteiger partial charge in [-0.05, 0) is 23.8 Å². The first-order valence-electron chi connectivity index (χ1n) is 6.92. The number of carbonyl (C=O) groups is 1. The Hall–Kier alpha value is -2.67. The number of anilines is 1. The van der Waals surface area contributed by atoms with E-state index in [4.69, 9.17) is 0 Å². The molecule has 1 amide bonds. The van der Waals surface area contributed by atoms with Crippen LogP contribution < -0.4 is 5.32 Å². The van der Waals surface area contributed by atoms with Gasteiger partial charge in [0.2, 0.25) is 0 Å². The SMILES string of the molecule is CS(=O)(=O)Cc1ccc(C(=O)Nc2cccc3cn[nH]c23)cc1. The van der Waals surface area contributed by atoms with Crippen molar-refractivity contribution in [2.24, 2.45) is 0 Å². The van der Waals surface area contributed by atoms with E-state index in [1.54, 1.807) is 36.5 Å². The number of nitrogens with one attached hydrogen (secondary N) is 2. The van der Waals surface area contributed by atoms with E-state index in [2.05, 4.69) is 15.5 Å².